The lowest BCUT2D eigenvalue weighted by Crippen LogP contribution is -2.22. The van der Waals surface area contributed by atoms with Crippen molar-refractivity contribution in [3.8, 4) is 0 Å². The van der Waals surface area contributed by atoms with Crippen molar-refractivity contribution in [2.24, 2.45) is 7.05 Å². The number of aromatic nitrogens is 3. The van der Waals surface area contributed by atoms with Crippen LogP contribution >= 0.6 is 0 Å². The molecule has 2 aromatic rings. The van der Waals surface area contributed by atoms with Gasteiger partial charge in [0.05, 0.1) is 16.8 Å². The molecule has 0 radical (unpaired) electrons. The topological polar surface area (TPSA) is 71.2 Å². The Morgan fingerprint density at radius 2 is 2.29 bits per heavy atom. The van der Waals surface area contributed by atoms with Crippen molar-refractivity contribution < 1.29 is 9.90 Å². The summed E-state index contributed by atoms with van der Waals surface area (Å²) in [4.78, 5) is 17.7. The van der Waals surface area contributed by atoms with Gasteiger partial charge < -0.3 is 10.0 Å². The number of fused-ring (bicyclic) bond motifs is 1. The number of anilines is 1. The molecule has 21 heavy (non-hydrogen) atoms. The second-order valence-corrected chi connectivity index (χ2v) is 5.09. The van der Waals surface area contributed by atoms with E-state index in [2.05, 4.69) is 16.7 Å². The molecule has 112 valence electrons. The van der Waals surface area contributed by atoms with Crippen LogP contribution in [0.4, 0.5) is 5.69 Å². The summed E-state index contributed by atoms with van der Waals surface area (Å²) >= 11 is 0. The van der Waals surface area contributed by atoms with Gasteiger partial charge in [-0.25, -0.2) is 9.78 Å². The fourth-order valence-electron chi connectivity index (χ4n) is 2.53. The Hall–Kier alpha value is -2.37. The number of hydrogen-bond donors (Lipinski definition) is 1. The summed E-state index contributed by atoms with van der Waals surface area (Å²) in [7, 11) is 3.71. The molecule has 0 amide bonds. The summed E-state index contributed by atoms with van der Waals surface area (Å²) in [5, 5.41) is 14.6. The van der Waals surface area contributed by atoms with Crippen LogP contribution in [0, 0.1) is 6.92 Å². The number of carboxylic acids is 1. The third-order valence-electron chi connectivity index (χ3n) is 3.51. The summed E-state index contributed by atoms with van der Waals surface area (Å²) in [6.07, 6.45) is 5.09. The van der Waals surface area contributed by atoms with Crippen molar-refractivity contribution in [1.29, 1.82) is 0 Å². The molecule has 6 nitrogen and oxygen atoms in total. The Morgan fingerprint density at radius 3 is 2.90 bits per heavy atom. The molecule has 2 heterocycles. The van der Waals surface area contributed by atoms with Gasteiger partial charge in [0.15, 0.2) is 5.65 Å². The van der Waals surface area contributed by atoms with Crippen LogP contribution in [0.25, 0.3) is 11.0 Å². The highest BCUT2D eigenvalue weighted by molar-refractivity contribution is 6.04. The summed E-state index contributed by atoms with van der Waals surface area (Å²) in [5.41, 5.74) is 2.37. The molecular formula is C15H20N4O2. The summed E-state index contributed by atoms with van der Waals surface area (Å²) < 4.78 is 1.68. The van der Waals surface area contributed by atoms with Gasteiger partial charge in [0.25, 0.3) is 0 Å². The number of hydrogen-bond acceptors (Lipinski definition) is 4. The van der Waals surface area contributed by atoms with E-state index in [1.54, 1.807) is 4.68 Å². The molecule has 0 atom stereocenters. The lowest BCUT2D eigenvalue weighted by molar-refractivity contribution is 0.0697. The van der Waals surface area contributed by atoms with Crippen LogP contribution < -0.4 is 4.90 Å². The van der Waals surface area contributed by atoms with Crippen LogP contribution in [0.3, 0.4) is 0 Å². The number of allylic oxidation sites excluding steroid dienone is 1. The van der Waals surface area contributed by atoms with Gasteiger partial charge >= 0.3 is 5.97 Å². The van der Waals surface area contributed by atoms with Crippen molar-refractivity contribution in [2.75, 3.05) is 18.5 Å². The molecule has 6 heteroatoms. The third-order valence-corrected chi connectivity index (χ3v) is 3.51. The number of aromatic carboxylic acids is 1. The maximum atomic E-state index is 11.5. The number of unbranched alkanes of at least 4 members (excludes halogenated alkanes) is 1. The minimum Gasteiger partial charge on any atom is -0.478 e. The van der Waals surface area contributed by atoms with Crippen molar-refractivity contribution in [3.05, 3.63) is 30.1 Å². The fraction of sp³-hybridized carbons (Fsp3) is 0.400. The number of nitrogens with zero attached hydrogens (tertiary/aromatic N) is 4. The van der Waals surface area contributed by atoms with Gasteiger partial charge in [0.1, 0.15) is 5.56 Å². The van der Waals surface area contributed by atoms with E-state index in [9.17, 15) is 9.90 Å². The SMILES string of the molecule is C=CCCCN(C)c1c(C(=O)O)cnc2c1c(C)nn2C. The van der Waals surface area contributed by atoms with E-state index in [1.165, 1.54) is 6.20 Å². The van der Waals surface area contributed by atoms with E-state index in [0.717, 1.165) is 30.5 Å². The summed E-state index contributed by atoms with van der Waals surface area (Å²) in [5.74, 6) is -0.974. The zero-order chi connectivity index (χ0) is 15.6. The average Bonchev–Trinajstić information content (AvgIpc) is 2.73. The molecule has 0 fully saturated rings. The van der Waals surface area contributed by atoms with Gasteiger partial charge in [0.2, 0.25) is 0 Å². The highest BCUT2D eigenvalue weighted by atomic mass is 16.4. The molecule has 0 aliphatic heterocycles. The summed E-state index contributed by atoms with van der Waals surface area (Å²) in [6.45, 7) is 6.33. The molecule has 2 rings (SSSR count). The van der Waals surface area contributed by atoms with Crippen molar-refractivity contribution in [3.63, 3.8) is 0 Å². The smallest absolute Gasteiger partial charge is 0.339 e. The number of aryl methyl sites for hydroxylation is 2. The van der Waals surface area contributed by atoms with Crippen molar-refractivity contribution in [2.45, 2.75) is 19.8 Å². The molecule has 0 aromatic carbocycles. The predicted octanol–water partition coefficient (Wildman–Crippen LogP) is 2.38. The second kappa shape index (κ2) is 5.95. The normalized spacial score (nSPS) is 10.8. The monoisotopic (exact) mass is 288 g/mol. The van der Waals surface area contributed by atoms with Crippen LogP contribution in [0.1, 0.15) is 28.9 Å². The standard InChI is InChI=1S/C15H20N4O2/c1-5-6-7-8-18(3)13-11(15(20)21)9-16-14-12(13)10(2)17-19(14)4/h5,9H,1,6-8H2,2-4H3,(H,20,21). The largest absolute Gasteiger partial charge is 0.478 e. The number of pyridine rings is 1. The van der Waals surface area contributed by atoms with E-state index in [4.69, 9.17) is 0 Å². The van der Waals surface area contributed by atoms with Crippen LogP contribution in [0.5, 0.6) is 0 Å². The third kappa shape index (κ3) is 2.74. The molecule has 0 spiro atoms. The van der Waals surface area contributed by atoms with E-state index >= 15 is 0 Å². The second-order valence-electron chi connectivity index (χ2n) is 5.09. The van der Waals surface area contributed by atoms with Gasteiger partial charge in [-0.2, -0.15) is 5.10 Å². The summed E-state index contributed by atoms with van der Waals surface area (Å²) in [6, 6.07) is 0. The lowest BCUT2D eigenvalue weighted by Gasteiger charge is -2.22. The first-order valence-electron chi connectivity index (χ1n) is 6.85. The van der Waals surface area contributed by atoms with Crippen molar-refractivity contribution in [1.82, 2.24) is 14.8 Å². The maximum absolute atomic E-state index is 11.5. The Kier molecular flexibility index (Phi) is 4.26. The Labute approximate surface area is 123 Å². The Bertz CT molecular complexity index is 691. The van der Waals surface area contributed by atoms with Crippen LogP contribution in [0.2, 0.25) is 0 Å². The van der Waals surface area contributed by atoms with Gasteiger partial charge in [-0.15, -0.1) is 6.58 Å². The molecule has 0 unspecified atom stereocenters. The van der Waals surface area contributed by atoms with Crippen LogP contribution in [-0.2, 0) is 7.05 Å². The highest BCUT2D eigenvalue weighted by Gasteiger charge is 2.21. The zero-order valence-corrected chi connectivity index (χ0v) is 12.6. The minimum absolute atomic E-state index is 0.208. The first-order valence-corrected chi connectivity index (χ1v) is 6.85. The van der Waals surface area contributed by atoms with Crippen LogP contribution in [0.15, 0.2) is 18.9 Å². The first-order chi connectivity index (χ1) is 9.97. The quantitative estimate of drug-likeness (QED) is 0.652. The van der Waals surface area contributed by atoms with Crippen molar-refractivity contribution >= 4 is 22.7 Å². The first kappa shape index (κ1) is 15.0. The molecule has 0 bridgehead atoms. The Balaban J connectivity index is 2.58. The number of carbonyl (C=O) groups is 1. The molecule has 2 aromatic heterocycles. The van der Waals surface area contributed by atoms with Gasteiger partial charge in [-0.3, -0.25) is 4.68 Å². The Morgan fingerprint density at radius 1 is 1.57 bits per heavy atom. The average molecular weight is 288 g/mol. The zero-order valence-electron chi connectivity index (χ0n) is 12.6. The van der Waals surface area contributed by atoms with Gasteiger partial charge in [-0.05, 0) is 19.8 Å². The minimum atomic E-state index is -0.974. The lowest BCUT2D eigenvalue weighted by atomic mass is 10.1. The highest BCUT2D eigenvalue weighted by Crippen LogP contribution is 2.31. The van der Waals surface area contributed by atoms with Crippen LogP contribution in [-0.4, -0.2) is 39.4 Å². The molecule has 1 N–H and O–H groups in total. The van der Waals surface area contributed by atoms with Gasteiger partial charge in [0, 0.05) is 26.8 Å². The van der Waals surface area contributed by atoms with Gasteiger partial charge in [-0.1, -0.05) is 6.08 Å². The number of rotatable bonds is 6. The molecule has 0 saturated heterocycles. The maximum Gasteiger partial charge on any atom is 0.339 e. The van der Waals surface area contributed by atoms with E-state index < -0.39 is 5.97 Å². The molecule has 0 saturated carbocycles. The molecule has 0 aliphatic rings. The van der Waals surface area contributed by atoms with E-state index in [0.29, 0.717) is 11.3 Å². The van der Waals surface area contributed by atoms with E-state index in [1.807, 2.05) is 32.0 Å². The molecular weight excluding hydrogens is 268 g/mol. The number of carboxylic acid groups (broad SMARTS) is 1. The predicted molar refractivity (Wildman–Crippen MR) is 82.9 cm³/mol. The van der Waals surface area contributed by atoms with E-state index in [-0.39, 0.29) is 5.56 Å². The fourth-order valence-corrected chi connectivity index (χ4v) is 2.53. The molecule has 0 aliphatic carbocycles.